The number of piperidine rings is 2. The quantitative estimate of drug-likeness (QED) is 0.0978. The summed E-state index contributed by atoms with van der Waals surface area (Å²) in [5, 5.41) is 9.65. The topological polar surface area (TPSA) is 93.1 Å². The van der Waals surface area contributed by atoms with Gasteiger partial charge < -0.3 is 14.6 Å². The van der Waals surface area contributed by atoms with Crippen LogP contribution in [0.5, 0.6) is 0 Å². The van der Waals surface area contributed by atoms with Gasteiger partial charge in [-0.2, -0.15) is 0 Å². The minimum atomic E-state index is -0.199. The maximum absolute atomic E-state index is 12.8. The molecule has 2 unspecified atom stereocenters. The van der Waals surface area contributed by atoms with Gasteiger partial charge in [-0.15, -0.1) is 0 Å². The number of aliphatic hydroxyl groups is 1. The SMILES string of the molecule is Cc1ccc(CO)c(CC(=O)OC2CC3CCCC(C2)N3CCCCCC(=O)CCSSc2ccc(COC(=O)C(C)C)cc2)c1. The number of hydrogen-bond acceptors (Lipinski definition) is 9. The first-order valence-corrected chi connectivity index (χ1v) is 19.2. The molecule has 0 aliphatic carbocycles. The van der Waals surface area contributed by atoms with Crippen molar-refractivity contribution >= 4 is 39.3 Å². The average Bonchev–Trinajstić information content (AvgIpc) is 3.02. The summed E-state index contributed by atoms with van der Waals surface area (Å²) in [6.07, 6.45) is 9.87. The number of aryl methyl sites for hydroxylation is 1. The molecule has 2 bridgehead atoms. The molecule has 2 saturated heterocycles. The molecule has 0 radical (unpaired) electrons. The number of aliphatic hydroxyl groups excluding tert-OH is 1. The molecule has 2 fully saturated rings. The Morgan fingerprint density at radius 1 is 0.957 bits per heavy atom. The first-order valence-electron chi connectivity index (χ1n) is 16.9. The van der Waals surface area contributed by atoms with Crippen molar-refractivity contribution in [1.29, 1.82) is 0 Å². The Morgan fingerprint density at radius 2 is 1.70 bits per heavy atom. The first kappa shape index (κ1) is 36.5. The predicted octanol–water partition coefficient (Wildman–Crippen LogP) is 7.62. The van der Waals surface area contributed by atoms with Gasteiger partial charge in [-0.3, -0.25) is 19.3 Å². The molecule has 4 rings (SSSR count). The predicted molar refractivity (Wildman–Crippen MR) is 186 cm³/mol. The van der Waals surface area contributed by atoms with E-state index in [2.05, 4.69) is 4.90 Å². The molecule has 2 aliphatic heterocycles. The van der Waals surface area contributed by atoms with Crippen molar-refractivity contribution in [2.75, 3.05) is 12.3 Å². The van der Waals surface area contributed by atoms with Gasteiger partial charge in [0.15, 0.2) is 0 Å². The monoisotopic (exact) mass is 669 g/mol. The summed E-state index contributed by atoms with van der Waals surface area (Å²) in [6, 6.07) is 14.8. The summed E-state index contributed by atoms with van der Waals surface area (Å²) in [4.78, 5) is 40.7. The number of fused-ring (bicyclic) bond motifs is 2. The van der Waals surface area contributed by atoms with Crippen molar-refractivity contribution in [2.24, 2.45) is 5.92 Å². The van der Waals surface area contributed by atoms with Gasteiger partial charge >= 0.3 is 11.9 Å². The zero-order valence-corrected chi connectivity index (χ0v) is 29.3. The van der Waals surface area contributed by atoms with Gasteiger partial charge in [-0.05, 0) is 68.0 Å². The van der Waals surface area contributed by atoms with E-state index in [0.29, 0.717) is 37.3 Å². The van der Waals surface area contributed by atoms with Gasteiger partial charge in [0, 0.05) is 48.4 Å². The molecule has 0 spiro atoms. The molecule has 0 amide bonds. The minimum absolute atomic E-state index is 0.0319. The highest BCUT2D eigenvalue weighted by Crippen LogP contribution is 2.36. The van der Waals surface area contributed by atoms with Crippen LogP contribution in [-0.4, -0.2) is 58.2 Å². The second kappa shape index (κ2) is 18.9. The molecule has 2 heterocycles. The number of hydrogen-bond donors (Lipinski definition) is 1. The highest BCUT2D eigenvalue weighted by Gasteiger charge is 2.39. The molecule has 2 atom stereocenters. The molecule has 7 nitrogen and oxygen atoms in total. The van der Waals surface area contributed by atoms with Gasteiger partial charge in [0.05, 0.1) is 18.9 Å². The van der Waals surface area contributed by atoms with Crippen LogP contribution in [0.25, 0.3) is 0 Å². The van der Waals surface area contributed by atoms with Crippen LogP contribution in [0.2, 0.25) is 0 Å². The van der Waals surface area contributed by atoms with Crippen LogP contribution >= 0.6 is 21.6 Å². The Hall–Kier alpha value is -2.33. The number of ketones is 1. The maximum atomic E-state index is 12.8. The van der Waals surface area contributed by atoms with Gasteiger partial charge in [-0.25, -0.2) is 0 Å². The van der Waals surface area contributed by atoms with Crippen LogP contribution in [0.1, 0.15) is 100 Å². The largest absolute Gasteiger partial charge is 0.462 e. The normalized spacial score (nSPS) is 19.6. The Kier molecular flexibility index (Phi) is 15.0. The summed E-state index contributed by atoms with van der Waals surface area (Å²) in [7, 11) is 3.38. The third kappa shape index (κ3) is 11.7. The zero-order valence-electron chi connectivity index (χ0n) is 27.7. The van der Waals surface area contributed by atoms with E-state index in [1.165, 1.54) is 6.42 Å². The summed E-state index contributed by atoms with van der Waals surface area (Å²) < 4.78 is 11.3. The Balaban J connectivity index is 1.07. The van der Waals surface area contributed by atoms with Crippen LogP contribution in [0, 0.1) is 12.8 Å². The number of rotatable bonds is 18. The van der Waals surface area contributed by atoms with Crippen molar-refractivity contribution in [3.8, 4) is 0 Å². The van der Waals surface area contributed by atoms with E-state index < -0.39 is 0 Å². The van der Waals surface area contributed by atoms with Crippen molar-refractivity contribution in [3.05, 3.63) is 64.7 Å². The van der Waals surface area contributed by atoms with E-state index in [1.54, 1.807) is 21.6 Å². The van der Waals surface area contributed by atoms with E-state index >= 15 is 0 Å². The fourth-order valence-electron chi connectivity index (χ4n) is 6.49. The Labute approximate surface area is 283 Å². The van der Waals surface area contributed by atoms with Crippen LogP contribution < -0.4 is 0 Å². The van der Waals surface area contributed by atoms with Crippen molar-refractivity contribution in [2.45, 2.75) is 128 Å². The van der Waals surface area contributed by atoms with E-state index in [-0.39, 0.29) is 37.0 Å². The van der Waals surface area contributed by atoms with Gasteiger partial charge in [-0.1, -0.05) is 84.2 Å². The van der Waals surface area contributed by atoms with E-state index in [1.807, 2.05) is 63.2 Å². The van der Waals surface area contributed by atoms with Crippen LogP contribution in [0.15, 0.2) is 47.4 Å². The minimum Gasteiger partial charge on any atom is -0.462 e. The van der Waals surface area contributed by atoms with Gasteiger partial charge in [0.25, 0.3) is 0 Å². The number of carbonyl (C=O) groups is 3. The number of nitrogens with zero attached hydrogens (tertiary/aromatic N) is 1. The molecule has 2 aromatic carbocycles. The molecule has 2 aromatic rings. The number of carbonyl (C=O) groups excluding carboxylic acids is 3. The lowest BCUT2D eigenvalue weighted by Gasteiger charge is -2.48. The standard InChI is InChI=1S/C37H51NO6S2/c1-26(2)37(42)43-25-28-12-15-35(16-13-28)46-45-19-17-33(40)10-5-4-6-18-38-31-8-7-9-32(38)23-34(22-31)44-36(41)21-30-20-27(3)11-14-29(30)24-39/h11-16,20,26,31-32,34,39H,4-10,17-19,21-25H2,1-3H3. The second-order valence-electron chi connectivity index (χ2n) is 13.1. The number of Topliss-reactive ketones (excluding diaryl/α,β-unsaturated/α-hetero) is 1. The van der Waals surface area contributed by atoms with Crippen molar-refractivity contribution in [1.82, 2.24) is 4.90 Å². The lowest BCUT2D eigenvalue weighted by molar-refractivity contribution is -0.154. The Morgan fingerprint density at radius 3 is 2.39 bits per heavy atom. The zero-order chi connectivity index (χ0) is 32.9. The van der Waals surface area contributed by atoms with E-state index in [0.717, 1.165) is 84.4 Å². The molecule has 2 aliphatic rings. The summed E-state index contributed by atoms with van der Waals surface area (Å²) in [5.74, 6) is 0.629. The van der Waals surface area contributed by atoms with Gasteiger partial charge in [0.1, 0.15) is 18.5 Å². The summed E-state index contributed by atoms with van der Waals surface area (Å²) >= 11 is 0. The number of benzene rings is 2. The lowest BCUT2D eigenvalue weighted by atomic mass is 9.82. The molecular formula is C37H51NO6S2. The number of ether oxygens (including phenoxy) is 2. The Bertz CT molecular complexity index is 1270. The molecule has 252 valence electrons. The number of esters is 2. The molecule has 46 heavy (non-hydrogen) atoms. The van der Waals surface area contributed by atoms with Crippen LogP contribution in [0.3, 0.4) is 0 Å². The highest BCUT2D eigenvalue weighted by atomic mass is 33.1. The van der Waals surface area contributed by atoms with Crippen molar-refractivity contribution in [3.63, 3.8) is 0 Å². The lowest BCUT2D eigenvalue weighted by Crippen LogP contribution is -2.54. The van der Waals surface area contributed by atoms with Gasteiger partial charge in [0.2, 0.25) is 0 Å². The maximum Gasteiger partial charge on any atom is 0.310 e. The fraction of sp³-hybridized carbons (Fsp3) is 0.595. The molecule has 9 heteroatoms. The van der Waals surface area contributed by atoms with E-state index in [9.17, 15) is 19.5 Å². The second-order valence-corrected chi connectivity index (χ2v) is 15.6. The summed E-state index contributed by atoms with van der Waals surface area (Å²) in [6.45, 7) is 6.92. The molecule has 0 aromatic heterocycles. The molecule has 1 N–H and O–H groups in total. The average molecular weight is 670 g/mol. The third-order valence-electron chi connectivity index (χ3n) is 9.01. The van der Waals surface area contributed by atoms with Crippen LogP contribution in [0.4, 0.5) is 0 Å². The van der Waals surface area contributed by atoms with E-state index in [4.69, 9.17) is 9.47 Å². The highest BCUT2D eigenvalue weighted by molar-refractivity contribution is 8.76. The smallest absolute Gasteiger partial charge is 0.310 e. The third-order valence-corrected chi connectivity index (χ3v) is 11.4. The molecular weight excluding hydrogens is 619 g/mol. The molecule has 0 saturated carbocycles. The fourth-order valence-corrected chi connectivity index (χ4v) is 8.51. The van der Waals surface area contributed by atoms with Crippen molar-refractivity contribution < 1.29 is 29.0 Å². The first-order chi connectivity index (χ1) is 22.2. The number of unbranched alkanes of at least 4 members (excludes halogenated alkanes) is 2. The van der Waals surface area contributed by atoms with Crippen LogP contribution in [-0.2, 0) is 43.5 Å². The summed E-state index contributed by atoms with van der Waals surface area (Å²) in [5.41, 5.74) is 3.69.